The van der Waals surface area contributed by atoms with Gasteiger partial charge < -0.3 is 9.73 Å². The molecule has 0 aliphatic heterocycles. The Morgan fingerprint density at radius 1 is 1.39 bits per heavy atom. The fraction of sp³-hybridized carbons (Fsp3) is 0.211. The van der Waals surface area contributed by atoms with Gasteiger partial charge in [-0.2, -0.15) is 10.4 Å². The number of aromatic nitrogens is 3. The number of carbonyl (C=O) groups excluding carboxylic acids is 2. The zero-order valence-corrected chi connectivity index (χ0v) is 15.9. The molecule has 1 atom stereocenters. The van der Waals surface area contributed by atoms with Crippen LogP contribution in [0.5, 0.6) is 0 Å². The highest BCUT2D eigenvalue weighted by Gasteiger charge is 2.17. The van der Waals surface area contributed by atoms with Gasteiger partial charge in [-0.3, -0.25) is 14.3 Å². The Morgan fingerprint density at radius 2 is 2.18 bits per heavy atom. The maximum absolute atomic E-state index is 12.2. The van der Waals surface area contributed by atoms with Crippen LogP contribution in [-0.4, -0.2) is 32.5 Å². The Hall–Kier alpha value is -3.44. The maximum Gasteiger partial charge on any atom is 0.273 e. The number of ketones is 1. The maximum atomic E-state index is 12.2. The molecule has 3 rings (SSSR count). The standard InChI is InChI=1S/C19H16ClN5O3/c1-11(22-18(27)17-10-28-19(23-17)12(2)26)9-25-6-5-16(24-25)13-3-4-14(8-21)15(20)7-13/h3-7,10-11H,9H2,1-2H3,(H,22,27)/t11-/m0/s1. The van der Waals surface area contributed by atoms with Crippen LogP contribution >= 0.6 is 11.6 Å². The van der Waals surface area contributed by atoms with Crippen LogP contribution in [0.3, 0.4) is 0 Å². The summed E-state index contributed by atoms with van der Waals surface area (Å²) in [5.74, 6) is -0.885. The van der Waals surface area contributed by atoms with Crippen molar-refractivity contribution in [2.45, 2.75) is 26.4 Å². The number of carbonyl (C=O) groups is 2. The van der Waals surface area contributed by atoms with Gasteiger partial charge in [0, 0.05) is 24.7 Å². The van der Waals surface area contributed by atoms with Crippen LogP contribution in [0, 0.1) is 11.3 Å². The molecule has 0 radical (unpaired) electrons. The van der Waals surface area contributed by atoms with Crippen LogP contribution < -0.4 is 5.32 Å². The molecule has 1 amide bonds. The van der Waals surface area contributed by atoms with Crippen molar-refractivity contribution < 1.29 is 14.0 Å². The van der Waals surface area contributed by atoms with E-state index in [2.05, 4.69) is 15.4 Å². The van der Waals surface area contributed by atoms with Crippen molar-refractivity contribution in [3.05, 3.63) is 58.9 Å². The molecule has 28 heavy (non-hydrogen) atoms. The van der Waals surface area contributed by atoms with Crippen molar-refractivity contribution >= 4 is 23.3 Å². The number of hydrogen-bond donors (Lipinski definition) is 1. The Balaban J connectivity index is 1.64. The number of oxazole rings is 1. The van der Waals surface area contributed by atoms with E-state index in [0.717, 1.165) is 11.8 Å². The Kier molecular flexibility index (Phi) is 5.57. The van der Waals surface area contributed by atoms with Crippen LogP contribution in [-0.2, 0) is 6.54 Å². The van der Waals surface area contributed by atoms with Gasteiger partial charge in [0.15, 0.2) is 5.69 Å². The molecule has 2 aromatic heterocycles. The molecule has 0 aliphatic rings. The Labute approximate surface area is 165 Å². The molecule has 0 saturated heterocycles. The van der Waals surface area contributed by atoms with Crippen LogP contribution in [0.25, 0.3) is 11.3 Å². The third kappa shape index (κ3) is 4.27. The van der Waals surface area contributed by atoms with E-state index in [9.17, 15) is 9.59 Å². The first-order valence-electron chi connectivity index (χ1n) is 8.38. The molecular formula is C19H16ClN5O3. The third-order valence-corrected chi connectivity index (χ3v) is 4.22. The van der Waals surface area contributed by atoms with E-state index < -0.39 is 5.91 Å². The Bertz CT molecular complexity index is 1080. The summed E-state index contributed by atoms with van der Waals surface area (Å²) in [4.78, 5) is 27.2. The largest absolute Gasteiger partial charge is 0.441 e. The second kappa shape index (κ2) is 8.06. The first kappa shape index (κ1) is 19.3. The summed E-state index contributed by atoms with van der Waals surface area (Å²) < 4.78 is 6.65. The van der Waals surface area contributed by atoms with E-state index in [4.69, 9.17) is 21.3 Å². The number of nitriles is 1. The van der Waals surface area contributed by atoms with E-state index in [0.29, 0.717) is 22.8 Å². The lowest BCUT2D eigenvalue weighted by molar-refractivity contribution is 0.0930. The van der Waals surface area contributed by atoms with Gasteiger partial charge in [0.2, 0.25) is 5.78 Å². The molecule has 3 aromatic rings. The minimum atomic E-state index is -0.435. The van der Waals surface area contributed by atoms with Crippen molar-refractivity contribution in [1.29, 1.82) is 5.26 Å². The van der Waals surface area contributed by atoms with E-state index in [1.54, 1.807) is 29.1 Å². The molecule has 9 heteroatoms. The minimum Gasteiger partial charge on any atom is -0.441 e. The summed E-state index contributed by atoms with van der Waals surface area (Å²) in [5.41, 5.74) is 1.94. The summed E-state index contributed by atoms with van der Waals surface area (Å²) in [5, 5.41) is 16.6. The first-order chi connectivity index (χ1) is 13.4. The van der Waals surface area contributed by atoms with Crippen molar-refractivity contribution in [1.82, 2.24) is 20.1 Å². The highest BCUT2D eigenvalue weighted by Crippen LogP contribution is 2.24. The lowest BCUT2D eigenvalue weighted by Crippen LogP contribution is -2.36. The predicted molar refractivity (Wildman–Crippen MR) is 101 cm³/mol. The molecule has 0 unspecified atom stereocenters. The monoisotopic (exact) mass is 397 g/mol. The van der Waals surface area contributed by atoms with Gasteiger partial charge in [0.25, 0.3) is 11.8 Å². The smallest absolute Gasteiger partial charge is 0.273 e. The molecule has 1 aromatic carbocycles. The van der Waals surface area contributed by atoms with E-state index in [-0.39, 0.29) is 23.4 Å². The van der Waals surface area contributed by atoms with Gasteiger partial charge in [-0.05, 0) is 25.1 Å². The number of nitrogens with one attached hydrogen (secondary N) is 1. The second-order valence-corrected chi connectivity index (χ2v) is 6.61. The van der Waals surface area contributed by atoms with E-state index >= 15 is 0 Å². The zero-order chi connectivity index (χ0) is 20.3. The fourth-order valence-corrected chi connectivity index (χ4v) is 2.77. The predicted octanol–water partition coefficient (Wildman–Crippen LogP) is 3.08. The number of Topliss-reactive ketones (excluding diaryl/α,β-unsaturated/α-hetero) is 1. The molecule has 0 fully saturated rings. The molecule has 0 saturated carbocycles. The van der Waals surface area contributed by atoms with Gasteiger partial charge in [0.05, 0.1) is 22.8 Å². The quantitative estimate of drug-likeness (QED) is 0.639. The van der Waals surface area contributed by atoms with Gasteiger partial charge in [-0.25, -0.2) is 4.98 Å². The van der Waals surface area contributed by atoms with Crippen LogP contribution in [0.1, 0.15) is 40.6 Å². The first-order valence-corrected chi connectivity index (χ1v) is 8.76. The molecule has 0 bridgehead atoms. The topological polar surface area (TPSA) is 114 Å². The van der Waals surface area contributed by atoms with Crippen molar-refractivity contribution in [3.63, 3.8) is 0 Å². The number of benzene rings is 1. The number of rotatable bonds is 6. The zero-order valence-electron chi connectivity index (χ0n) is 15.1. The van der Waals surface area contributed by atoms with Gasteiger partial charge in [0.1, 0.15) is 12.3 Å². The van der Waals surface area contributed by atoms with E-state index in [1.807, 2.05) is 19.1 Å². The van der Waals surface area contributed by atoms with Crippen LogP contribution in [0.2, 0.25) is 5.02 Å². The molecule has 2 heterocycles. The second-order valence-electron chi connectivity index (χ2n) is 6.20. The van der Waals surface area contributed by atoms with Crippen LogP contribution in [0.4, 0.5) is 0 Å². The lowest BCUT2D eigenvalue weighted by atomic mass is 10.1. The van der Waals surface area contributed by atoms with E-state index in [1.165, 1.54) is 6.92 Å². The van der Waals surface area contributed by atoms with Gasteiger partial charge >= 0.3 is 0 Å². The SMILES string of the molecule is CC(=O)c1nc(C(=O)N[C@@H](C)Cn2ccc(-c3ccc(C#N)c(Cl)c3)n2)co1. The molecule has 1 N–H and O–H groups in total. The molecule has 0 aliphatic carbocycles. The molecule has 8 nitrogen and oxygen atoms in total. The number of halogens is 1. The average Bonchev–Trinajstić information content (AvgIpc) is 3.31. The number of hydrogen-bond acceptors (Lipinski definition) is 6. The summed E-state index contributed by atoms with van der Waals surface area (Å²) in [7, 11) is 0. The van der Waals surface area contributed by atoms with Crippen molar-refractivity contribution in [3.8, 4) is 17.3 Å². The normalized spacial score (nSPS) is 11.6. The average molecular weight is 398 g/mol. The van der Waals surface area contributed by atoms with Gasteiger partial charge in [-0.1, -0.05) is 17.7 Å². The number of amides is 1. The number of nitrogens with zero attached hydrogens (tertiary/aromatic N) is 4. The summed E-state index contributed by atoms with van der Waals surface area (Å²) in [6.07, 6.45) is 2.94. The van der Waals surface area contributed by atoms with Crippen molar-refractivity contribution in [2.75, 3.05) is 0 Å². The molecule has 0 spiro atoms. The minimum absolute atomic E-state index is 0.0467. The highest BCUT2D eigenvalue weighted by molar-refractivity contribution is 6.32. The molecular weight excluding hydrogens is 382 g/mol. The van der Waals surface area contributed by atoms with Crippen LogP contribution in [0.15, 0.2) is 41.1 Å². The molecule has 142 valence electrons. The highest BCUT2D eigenvalue weighted by atomic mass is 35.5. The third-order valence-electron chi connectivity index (χ3n) is 3.90. The summed E-state index contributed by atoms with van der Waals surface area (Å²) >= 11 is 6.07. The Morgan fingerprint density at radius 3 is 2.82 bits per heavy atom. The fourth-order valence-electron chi connectivity index (χ4n) is 2.55. The lowest BCUT2D eigenvalue weighted by Gasteiger charge is -2.12. The van der Waals surface area contributed by atoms with Crippen molar-refractivity contribution in [2.24, 2.45) is 0 Å². The summed E-state index contributed by atoms with van der Waals surface area (Å²) in [6, 6.07) is 8.70. The van der Waals surface area contributed by atoms with Gasteiger partial charge in [-0.15, -0.1) is 0 Å². The summed E-state index contributed by atoms with van der Waals surface area (Å²) in [6.45, 7) is 3.56.